The summed E-state index contributed by atoms with van der Waals surface area (Å²) in [6, 6.07) is 3.81. The third-order valence-corrected chi connectivity index (χ3v) is 3.00. The van der Waals surface area contributed by atoms with Gasteiger partial charge in [-0.3, -0.25) is 4.79 Å². The van der Waals surface area contributed by atoms with Crippen LogP contribution in [0.4, 0.5) is 4.39 Å². The summed E-state index contributed by atoms with van der Waals surface area (Å²) >= 11 is 5.80. The maximum atomic E-state index is 12.8. The van der Waals surface area contributed by atoms with E-state index in [2.05, 4.69) is 10.6 Å². The van der Waals surface area contributed by atoms with Crippen molar-refractivity contribution >= 4 is 17.5 Å². The van der Waals surface area contributed by atoms with Gasteiger partial charge in [-0.2, -0.15) is 0 Å². The fourth-order valence-corrected chi connectivity index (χ4v) is 1.99. The molecule has 0 bridgehead atoms. The van der Waals surface area contributed by atoms with Crippen LogP contribution in [0.5, 0.6) is 0 Å². The number of hydrogen-bond donors (Lipinski definition) is 2. The summed E-state index contributed by atoms with van der Waals surface area (Å²) in [6.07, 6.45) is 0. The van der Waals surface area contributed by atoms with Crippen molar-refractivity contribution in [2.75, 3.05) is 26.3 Å². The summed E-state index contributed by atoms with van der Waals surface area (Å²) in [5, 5.41) is 6.07. The Morgan fingerprint density at radius 3 is 3.11 bits per heavy atom. The maximum Gasteiger partial charge on any atom is 0.252 e. The lowest BCUT2D eigenvalue weighted by Crippen LogP contribution is -2.48. The quantitative estimate of drug-likeness (QED) is 0.869. The Morgan fingerprint density at radius 1 is 1.61 bits per heavy atom. The molecule has 1 aliphatic heterocycles. The Bertz CT molecular complexity index is 436. The van der Waals surface area contributed by atoms with E-state index in [1.54, 1.807) is 0 Å². The number of hydrogen-bond acceptors (Lipinski definition) is 3. The second-order valence-corrected chi connectivity index (χ2v) is 4.47. The molecule has 1 unspecified atom stereocenters. The molecular formula is C12H14ClFN2O2. The molecule has 0 aromatic heterocycles. The maximum absolute atomic E-state index is 12.8. The number of benzene rings is 1. The molecule has 2 rings (SSSR count). The van der Waals surface area contributed by atoms with Crippen LogP contribution in [0.1, 0.15) is 10.4 Å². The number of halogens is 2. The molecule has 1 atom stereocenters. The minimum Gasteiger partial charge on any atom is -0.378 e. The van der Waals surface area contributed by atoms with Gasteiger partial charge >= 0.3 is 0 Å². The van der Waals surface area contributed by atoms with Crippen molar-refractivity contribution in [2.24, 2.45) is 0 Å². The van der Waals surface area contributed by atoms with E-state index in [0.29, 0.717) is 19.8 Å². The molecule has 1 saturated heterocycles. The zero-order chi connectivity index (χ0) is 13.0. The van der Waals surface area contributed by atoms with E-state index in [4.69, 9.17) is 16.3 Å². The number of ether oxygens (including phenoxy) is 1. The molecule has 6 heteroatoms. The lowest BCUT2D eigenvalue weighted by Gasteiger charge is -2.24. The normalized spacial score (nSPS) is 19.6. The van der Waals surface area contributed by atoms with Gasteiger partial charge in [0.05, 0.1) is 23.8 Å². The van der Waals surface area contributed by atoms with Crippen molar-refractivity contribution < 1.29 is 13.9 Å². The molecule has 0 radical (unpaired) electrons. The Hall–Kier alpha value is -1.17. The second kappa shape index (κ2) is 6.13. The Balaban J connectivity index is 1.90. The van der Waals surface area contributed by atoms with Gasteiger partial charge in [0.25, 0.3) is 5.91 Å². The smallest absolute Gasteiger partial charge is 0.252 e. The highest BCUT2D eigenvalue weighted by molar-refractivity contribution is 6.33. The zero-order valence-electron chi connectivity index (χ0n) is 9.71. The molecule has 1 amide bonds. The summed E-state index contributed by atoms with van der Waals surface area (Å²) in [4.78, 5) is 11.8. The molecule has 4 nitrogen and oxygen atoms in total. The standard InChI is InChI=1S/C12H14ClFN2O2/c13-11-5-8(14)1-2-10(11)12(17)16-6-9-7-18-4-3-15-9/h1-2,5,9,15H,3-4,6-7H2,(H,16,17). The van der Waals surface area contributed by atoms with Gasteiger partial charge < -0.3 is 15.4 Å². The molecule has 0 spiro atoms. The summed E-state index contributed by atoms with van der Waals surface area (Å²) in [5.74, 6) is -0.772. The molecule has 18 heavy (non-hydrogen) atoms. The number of morpholine rings is 1. The minimum atomic E-state index is -0.459. The topological polar surface area (TPSA) is 50.4 Å². The molecule has 1 aliphatic rings. The molecule has 0 aliphatic carbocycles. The molecular weight excluding hydrogens is 259 g/mol. The predicted molar refractivity (Wildman–Crippen MR) is 66.4 cm³/mol. The van der Waals surface area contributed by atoms with Gasteiger partial charge in [0, 0.05) is 19.1 Å². The molecule has 1 aromatic carbocycles. The van der Waals surface area contributed by atoms with Gasteiger partial charge in [-0.1, -0.05) is 11.6 Å². The first-order valence-electron chi connectivity index (χ1n) is 5.71. The monoisotopic (exact) mass is 272 g/mol. The van der Waals surface area contributed by atoms with E-state index >= 15 is 0 Å². The van der Waals surface area contributed by atoms with Gasteiger partial charge in [0.15, 0.2) is 0 Å². The SMILES string of the molecule is O=C(NCC1COCCN1)c1ccc(F)cc1Cl. The first-order valence-corrected chi connectivity index (χ1v) is 6.09. The van der Waals surface area contributed by atoms with Crippen LogP contribution in [0.2, 0.25) is 5.02 Å². The summed E-state index contributed by atoms with van der Waals surface area (Å²) < 4.78 is 18.1. The number of rotatable bonds is 3. The van der Waals surface area contributed by atoms with Crippen molar-refractivity contribution in [3.8, 4) is 0 Å². The average molecular weight is 273 g/mol. The number of nitrogens with one attached hydrogen (secondary N) is 2. The van der Waals surface area contributed by atoms with Crippen LogP contribution >= 0.6 is 11.6 Å². The van der Waals surface area contributed by atoms with Crippen molar-refractivity contribution in [3.63, 3.8) is 0 Å². The zero-order valence-corrected chi connectivity index (χ0v) is 10.5. The van der Waals surface area contributed by atoms with Crippen molar-refractivity contribution in [1.29, 1.82) is 0 Å². The Labute approximate surface area is 109 Å². The fourth-order valence-electron chi connectivity index (χ4n) is 1.74. The highest BCUT2D eigenvalue weighted by Crippen LogP contribution is 2.16. The van der Waals surface area contributed by atoms with Crippen LogP contribution in [0, 0.1) is 5.82 Å². The first kappa shape index (κ1) is 13.3. The molecule has 0 saturated carbocycles. The lowest BCUT2D eigenvalue weighted by atomic mass is 10.2. The third kappa shape index (κ3) is 3.41. The molecule has 1 aromatic rings. The van der Waals surface area contributed by atoms with Crippen LogP contribution in [0.3, 0.4) is 0 Å². The fraction of sp³-hybridized carbons (Fsp3) is 0.417. The van der Waals surface area contributed by atoms with Crippen molar-refractivity contribution in [1.82, 2.24) is 10.6 Å². The van der Waals surface area contributed by atoms with Gasteiger partial charge in [-0.05, 0) is 18.2 Å². The first-order chi connectivity index (χ1) is 8.66. The van der Waals surface area contributed by atoms with E-state index in [1.807, 2.05) is 0 Å². The molecule has 98 valence electrons. The number of amides is 1. The average Bonchev–Trinajstić information content (AvgIpc) is 2.37. The van der Waals surface area contributed by atoms with Crippen LogP contribution < -0.4 is 10.6 Å². The molecule has 1 fully saturated rings. The van der Waals surface area contributed by atoms with E-state index in [1.165, 1.54) is 12.1 Å². The second-order valence-electron chi connectivity index (χ2n) is 4.06. The lowest BCUT2D eigenvalue weighted by molar-refractivity contribution is 0.0735. The van der Waals surface area contributed by atoms with Gasteiger partial charge in [0.1, 0.15) is 5.82 Å². The van der Waals surface area contributed by atoms with E-state index < -0.39 is 5.82 Å². The summed E-state index contributed by atoms with van der Waals surface area (Å²) in [7, 11) is 0. The summed E-state index contributed by atoms with van der Waals surface area (Å²) in [5.41, 5.74) is 0.273. The van der Waals surface area contributed by atoms with Gasteiger partial charge in [0.2, 0.25) is 0 Å². The van der Waals surface area contributed by atoms with E-state index in [-0.39, 0.29) is 22.5 Å². The van der Waals surface area contributed by atoms with Gasteiger partial charge in [-0.15, -0.1) is 0 Å². The van der Waals surface area contributed by atoms with Crippen molar-refractivity contribution in [3.05, 3.63) is 34.6 Å². The van der Waals surface area contributed by atoms with Crippen molar-refractivity contribution in [2.45, 2.75) is 6.04 Å². The number of carbonyl (C=O) groups is 1. The predicted octanol–water partition coefficient (Wildman–Crippen LogP) is 1.20. The molecule has 2 N–H and O–H groups in total. The van der Waals surface area contributed by atoms with Crippen LogP contribution in [0.25, 0.3) is 0 Å². The third-order valence-electron chi connectivity index (χ3n) is 2.68. The largest absolute Gasteiger partial charge is 0.378 e. The highest BCUT2D eigenvalue weighted by atomic mass is 35.5. The van der Waals surface area contributed by atoms with Gasteiger partial charge in [-0.25, -0.2) is 4.39 Å². The summed E-state index contributed by atoms with van der Waals surface area (Å²) in [6.45, 7) is 2.48. The number of carbonyl (C=O) groups excluding carboxylic acids is 1. The highest BCUT2D eigenvalue weighted by Gasteiger charge is 2.16. The van der Waals surface area contributed by atoms with Crippen LogP contribution in [-0.4, -0.2) is 38.3 Å². The Kier molecular flexibility index (Phi) is 4.52. The van der Waals surface area contributed by atoms with Crippen LogP contribution in [-0.2, 0) is 4.74 Å². The van der Waals surface area contributed by atoms with E-state index in [0.717, 1.165) is 12.6 Å². The van der Waals surface area contributed by atoms with E-state index in [9.17, 15) is 9.18 Å². The molecule has 1 heterocycles. The van der Waals surface area contributed by atoms with Crippen LogP contribution in [0.15, 0.2) is 18.2 Å². The Morgan fingerprint density at radius 2 is 2.44 bits per heavy atom. The minimum absolute atomic E-state index is 0.0990.